The normalized spacial score (nSPS) is 15.6. The van der Waals surface area contributed by atoms with E-state index in [1.807, 2.05) is 13.8 Å². The highest BCUT2D eigenvalue weighted by Crippen LogP contribution is 2.32. The standard InChI is InChI=1S/C22H21ClN2O4S/c1-12(2)29-18-9-8-14(11-19(18)28-4)10-15-20(26)24-22(30)25(21(15)27)17-7-5-6-16(23)13(17)3/h5-12H,1-4H3,(H,24,26,30). The maximum Gasteiger partial charge on any atom is 0.270 e. The molecule has 0 radical (unpaired) electrons. The Morgan fingerprint density at radius 2 is 1.90 bits per heavy atom. The number of rotatable bonds is 5. The molecule has 0 saturated carbocycles. The van der Waals surface area contributed by atoms with E-state index in [0.717, 1.165) is 0 Å². The molecule has 2 amide bonds. The van der Waals surface area contributed by atoms with E-state index in [-0.39, 0.29) is 16.8 Å². The SMILES string of the molecule is COc1cc(C=C2C(=O)NC(=S)N(c3cccc(Cl)c3C)C2=O)ccc1OC(C)C. The first-order valence-corrected chi connectivity index (χ1v) is 10.0. The minimum absolute atomic E-state index is 0.00535. The smallest absolute Gasteiger partial charge is 0.270 e. The lowest BCUT2D eigenvalue weighted by atomic mass is 10.1. The van der Waals surface area contributed by atoms with Crippen molar-refractivity contribution in [3.63, 3.8) is 0 Å². The van der Waals surface area contributed by atoms with Gasteiger partial charge in [-0.05, 0) is 74.5 Å². The number of nitrogens with one attached hydrogen (secondary N) is 1. The number of halogens is 1. The van der Waals surface area contributed by atoms with Crippen LogP contribution in [0.4, 0.5) is 5.69 Å². The van der Waals surface area contributed by atoms with E-state index in [2.05, 4.69) is 5.32 Å². The van der Waals surface area contributed by atoms with Gasteiger partial charge in [-0.3, -0.25) is 19.8 Å². The van der Waals surface area contributed by atoms with Crippen molar-refractivity contribution >= 4 is 52.5 Å². The summed E-state index contributed by atoms with van der Waals surface area (Å²) in [6.45, 7) is 5.61. The third-order valence-corrected chi connectivity index (χ3v) is 5.14. The van der Waals surface area contributed by atoms with E-state index in [0.29, 0.717) is 33.3 Å². The summed E-state index contributed by atoms with van der Waals surface area (Å²) < 4.78 is 11.1. The summed E-state index contributed by atoms with van der Waals surface area (Å²) in [4.78, 5) is 27.0. The molecule has 1 saturated heterocycles. The molecule has 0 aromatic heterocycles. The zero-order valence-corrected chi connectivity index (χ0v) is 18.6. The van der Waals surface area contributed by atoms with Gasteiger partial charge in [-0.1, -0.05) is 23.7 Å². The first-order valence-electron chi connectivity index (χ1n) is 9.24. The monoisotopic (exact) mass is 444 g/mol. The Hall–Kier alpha value is -2.90. The molecular formula is C22H21ClN2O4S. The molecule has 1 fully saturated rings. The summed E-state index contributed by atoms with van der Waals surface area (Å²) in [5.74, 6) is -0.0239. The lowest BCUT2D eigenvalue weighted by Gasteiger charge is -2.30. The molecule has 0 atom stereocenters. The fourth-order valence-electron chi connectivity index (χ4n) is 3.01. The fourth-order valence-corrected chi connectivity index (χ4v) is 3.45. The predicted molar refractivity (Wildman–Crippen MR) is 121 cm³/mol. The van der Waals surface area contributed by atoms with Gasteiger partial charge in [0.15, 0.2) is 16.6 Å². The molecule has 2 aromatic rings. The third kappa shape index (κ3) is 4.32. The lowest BCUT2D eigenvalue weighted by molar-refractivity contribution is -0.122. The highest BCUT2D eigenvalue weighted by Gasteiger charge is 2.35. The molecule has 8 heteroatoms. The van der Waals surface area contributed by atoms with Gasteiger partial charge in [0.25, 0.3) is 11.8 Å². The topological polar surface area (TPSA) is 67.9 Å². The maximum atomic E-state index is 13.2. The molecule has 0 aliphatic carbocycles. The van der Waals surface area contributed by atoms with E-state index >= 15 is 0 Å². The second-order valence-corrected chi connectivity index (χ2v) is 7.71. The van der Waals surface area contributed by atoms with Gasteiger partial charge in [-0.2, -0.15) is 0 Å². The number of carbonyl (C=O) groups excluding carboxylic acids is 2. The van der Waals surface area contributed by atoms with Gasteiger partial charge in [0, 0.05) is 5.02 Å². The zero-order valence-electron chi connectivity index (χ0n) is 17.0. The van der Waals surface area contributed by atoms with Gasteiger partial charge < -0.3 is 9.47 Å². The predicted octanol–water partition coefficient (Wildman–Crippen LogP) is 4.28. The minimum Gasteiger partial charge on any atom is -0.493 e. The Bertz CT molecular complexity index is 1070. The minimum atomic E-state index is -0.567. The summed E-state index contributed by atoms with van der Waals surface area (Å²) in [6.07, 6.45) is 1.47. The van der Waals surface area contributed by atoms with Crippen molar-refractivity contribution in [1.29, 1.82) is 0 Å². The zero-order chi connectivity index (χ0) is 22.0. The quantitative estimate of drug-likeness (QED) is 0.423. The summed E-state index contributed by atoms with van der Waals surface area (Å²) >= 11 is 11.4. The van der Waals surface area contributed by atoms with E-state index in [4.69, 9.17) is 33.3 Å². The van der Waals surface area contributed by atoms with Gasteiger partial charge in [-0.25, -0.2) is 0 Å². The third-order valence-electron chi connectivity index (χ3n) is 4.44. The fraction of sp³-hybridized carbons (Fsp3) is 0.227. The van der Waals surface area contributed by atoms with Crippen LogP contribution in [0.3, 0.4) is 0 Å². The van der Waals surface area contributed by atoms with Crippen LogP contribution in [0.25, 0.3) is 6.08 Å². The van der Waals surface area contributed by atoms with Crippen LogP contribution in [0.5, 0.6) is 11.5 Å². The molecule has 0 bridgehead atoms. The molecule has 2 aromatic carbocycles. The van der Waals surface area contributed by atoms with Crippen molar-refractivity contribution < 1.29 is 19.1 Å². The van der Waals surface area contributed by atoms with Crippen LogP contribution in [0, 0.1) is 6.92 Å². The van der Waals surface area contributed by atoms with Crippen molar-refractivity contribution in [2.45, 2.75) is 26.9 Å². The summed E-state index contributed by atoms with van der Waals surface area (Å²) in [5.41, 5.74) is 1.75. The van der Waals surface area contributed by atoms with Crippen LogP contribution >= 0.6 is 23.8 Å². The summed E-state index contributed by atoms with van der Waals surface area (Å²) in [6, 6.07) is 10.4. The molecular weight excluding hydrogens is 424 g/mol. The van der Waals surface area contributed by atoms with Crippen molar-refractivity contribution in [2.24, 2.45) is 0 Å². The largest absolute Gasteiger partial charge is 0.493 e. The number of nitrogens with zero attached hydrogens (tertiary/aromatic N) is 1. The molecule has 1 aliphatic rings. The van der Waals surface area contributed by atoms with Crippen LogP contribution in [0.15, 0.2) is 42.0 Å². The van der Waals surface area contributed by atoms with Gasteiger partial charge in [0.2, 0.25) is 0 Å². The van der Waals surface area contributed by atoms with Crippen LogP contribution in [0.1, 0.15) is 25.0 Å². The second kappa shape index (κ2) is 8.85. The van der Waals surface area contributed by atoms with Crippen molar-refractivity contribution in [2.75, 3.05) is 12.0 Å². The van der Waals surface area contributed by atoms with E-state index in [1.54, 1.807) is 43.3 Å². The first-order chi connectivity index (χ1) is 14.2. The summed E-state index contributed by atoms with van der Waals surface area (Å²) in [7, 11) is 1.53. The second-order valence-electron chi connectivity index (χ2n) is 6.92. The molecule has 0 unspecified atom stereocenters. The molecule has 0 spiro atoms. The number of methoxy groups -OCH3 is 1. The number of thiocarbonyl (C=S) groups is 1. The molecule has 1 N–H and O–H groups in total. The molecule has 1 heterocycles. The Morgan fingerprint density at radius 1 is 1.17 bits per heavy atom. The van der Waals surface area contributed by atoms with Crippen molar-refractivity contribution in [3.05, 3.63) is 58.1 Å². The first kappa shape index (κ1) is 21.8. The summed E-state index contributed by atoms with van der Waals surface area (Å²) in [5, 5.41) is 3.07. The average Bonchev–Trinajstić information content (AvgIpc) is 2.68. The van der Waals surface area contributed by atoms with Crippen LogP contribution in [-0.4, -0.2) is 30.1 Å². The number of hydrogen-bond acceptors (Lipinski definition) is 5. The molecule has 3 rings (SSSR count). The molecule has 156 valence electrons. The van der Waals surface area contributed by atoms with Crippen molar-refractivity contribution in [3.8, 4) is 11.5 Å². The number of benzene rings is 2. The van der Waals surface area contributed by atoms with Gasteiger partial charge in [0.1, 0.15) is 5.57 Å². The molecule has 1 aliphatic heterocycles. The van der Waals surface area contributed by atoms with Gasteiger partial charge >= 0.3 is 0 Å². The number of anilines is 1. The average molecular weight is 445 g/mol. The highest BCUT2D eigenvalue weighted by atomic mass is 35.5. The Balaban J connectivity index is 2.01. The van der Waals surface area contributed by atoms with E-state index in [1.165, 1.54) is 18.1 Å². The Morgan fingerprint density at radius 3 is 2.57 bits per heavy atom. The Labute approximate surface area is 185 Å². The van der Waals surface area contributed by atoms with Crippen LogP contribution in [-0.2, 0) is 9.59 Å². The maximum absolute atomic E-state index is 13.2. The molecule has 30 heavy (non-hydrogen) atoms. The number of carbonyl (C=O) groups is 2. The lowest BCUT2D eigenvalue weighted by Crippen LogP contribution is -2.54. The van der Waals surface area contributed by atoms with Crippen molar-refractivity contribution in [1.82, 2.24) is 5.32 Å². The number of ether oxygens (including phenoxy) is 2. The van der Waals surface area contributed by atoms with E-state index in [9.17, 15) is 9.59 Å². The van der Waals surface area contributed by atoms with E-state index < -0.39 is 11.8 Å². The van der Waals surface area contributed by atoms with Crippen LogP contribution < -0.4 is 19.7 Å². The Kier molecular flexibility index (Phi) is 6.43. The number of amides is 2. The van der Waals surface area contributed by atoms with Gasteiger partial charge in [-0.15, -0.1) is 0 Å². The highest BCUT2D eigenvalue weighted by molar-refractivity contribution is 7.80. The van der Waals surface area contributed by atoms with Gasteiger partial charge in [0.05, 0.1) is 18.9 Å². The molecule has 6 nitrogen and oxygen atoms in total. The van der Waals surface area contributed by atoms with Crippen LogP contribution in [0.2, 0.25) is 5.02 Å². The number of hydrogen-bond donors (Lipinski definition) is 1.